The van der Waals surface area contributed by atoms with E-state index in [1.165, 1.54) is 18.5 Å². The van der Waals surface area contributed by atoms with Crippen LogP contribution in [0.4, 0.5) is 10.1 Å². The second kappa shape index (κ2) is 5.58. The van der Waals surface area contributed by atoms with Crippen LogP contribution < -0.4 is 5.32 Å². The molecule has 0 atom stereocenters. The summed E-state index contributed by atoms with van der Waals surface area (Å²) in [5, 5.41) is 9.65. The monoisotopic (exact) mass is 322 g/mol. The van der Waals surface area contributed by atoms with Crippen molar-refractivity contribution in [1.29, 1.82) is 0 Å². The minimum atomic E-state index is -0.400. The Morgan fingerprint density at radius 3 is 2.71 bits per heavy atom. The van der Waals surface area contributed by atoms with Gasteiger partial charge in [-0.1, -0.05) is 0 Å². The van der Waals surface area contributed by atoms with Crippen LogP contribution in [0.15, 0.2) is 48.9 Å². The van der Waals surface area contributed by atoms with Gasteiger partial charge in [-0.05, 0) is 42.0 Å². The zero-order valence-electron chi connectivity index (χ0n) is 12.2. The van der Waals surface area contributed by atoms with Gasteiger partial charge < -0.3 is 10.3 Å². The summed E-state index contributed by atoms with van der Waals surface area (Å²) in [5.74, 6) is -0.565. The highest BCUT2D eigenvalue weighted by Crippen LogP contribution is 2.25. The Morgan fingerprint density at radius 2 is 1.96 bits per heavy atom. The Kier molecular flexibility index (Phi) is 3.27. The second-order valence-electron chi connectivity index (χ2n) is 5.14. The summed E-state index contributed by atoms with van der Waals surface area (Å²) in [7, 11) is 0. The first kappa shape index (κ1) is 14.1. The summed E-state index contributed by atoms with van der Waals surface area (Å²) in [6, 6.07) is 9.85. The number of rotatable bonds is 3. The number of fused-ring (bicyclic) bond motifs is 1. The van der Waals surface area contributed by atoms with E-state index in [0.29, 0.717) is 11.3 Å². The number of pyridine rings is 1. The fourth-order valence-electron chi connectivity index (χ4n) is 2.37. The van der Waals surface area contributed by atoms with E-state index in [9.17, 15) is 9.18 Å². The van der Waals surface area contributed by atoms with E-state index in [4.69, 9.17) is 0 Å². The Labute approximate surface area is 135 Å². The van der Waals surface area contributed by atoms with Gasteiger partial charge in [0, 0.05) is 11.1 Å². The molecule has 0 saturated carbocycles. The molecule has 4 rings (SSSR count). The predicted molar refractivity (Wildman–Crippen MR) is 85.8 cm³/mol. The van der Waals surface area contributed by atoms with Crippen molar-refractivity contribution in [2.45, 2.75) is 0 Å². The number of halogens is 1. The van der Waals surface area contributed by atoms with Crippen molar-refractivity contribution >= 4 is 22.6 Å². The van der Waals surface area contributed by atoms with Crippen molar-refractivity contribution in [1.82, 2.24) is 25.1 Å². The molecule has 7 nitrogen and oxygen atoms in total. The standard InChI is InChI=1S/C16H11FN6O/c17-11-3-1-9(2-4-11)13-6-10-5-12(7-18-14(10)22-13)21-16(24)15-19-8-20-23-15/h1-8H,(H,18,22)(H,21,24)(H,19,20,23). The summed E-state index contributed by atoms with van der Waals surface area (Å²) in [5.41, 5.74) is 2.87. The highest BCUT2D eigenvalue weighted by molar-refractivity contribution is 6.02. The van der Waals surface area contributed by atoms with Crippen molar-refractivity contribution < 1.29 is 9.18 Å². The van der Waals surface area contributed by atoms with Crippen LogP contribution in [0.1, 0.15) is 10.6 Å². The van der Waals surface area contributed by atoms with E-state index in [1.54, 1.807) is 24.4 Å². The number of carbonyl (C=O) groups is 1. The third-order valence-corrected chi connectivity index (χ3v) is 3.51. The Morgan fingerprint density at radius 1 is 1.12 bits per heavy atom. The summed E-state index contributed by atoms with van der Waals surface area (Å²) >= 11 is 0. The second-order valence-corrected chi connectivity index (χ2v) is 5.14. The average Bonchev–Trinajstić information content (AvgIpc) is 3.24. The third-order valence-electron chi connectivity index (χ3n) is 3.51. The Balaban J connectivity index is 1.63. The van der Waals surface area contributed by atoms with Crippen LogP contribution in [0.3, 0.4) is 0 Å². The van der Waals surface area contributed by atoms with Gasteiger partial charge in [-0.15, -0.1) is 0 Å². The molecule has 118 valence electrons. The lowest BCUT2D eigenvalue weighted by molar-refractivity contribution is 0.101. The molecular weight excluding hydrogens is 311 g/mol. The zero-order valence-corrected chi connectivity index (χ0v) is 12.2. The van der Waals surface area contributed by atoms with Crippen molar-refractivity contribution in [2.24, 2.45) is 0 Å². The molecule has 8 heteroatoms. The molecule has 3 aromatic heterocycles. The number of nitrogens with one attached hydrogen (secondary N) is 3. The number of hydrogen-bond acceptors (Lipinski definition) is 4. The fraction of sp³-hybridized carbons (Fsp3) is 0. The van der Waals surface area contributed by atoms with Crippen molar-refractivity contribution in [3.8, 4) is 11.3 Å². The molecule has 0 spiro atoms. The molecule has 0 unspecified atom stereocenters. The van der Waals surface area contributed by atoms with Gasteiger partial charge in [0.25, 0.3) is 5.91 Å². The lowest BCUT2D eigenvalue weighted by Gasteiger charge is -2.01. The summed E-state index contributed by atoms with van der Waals surface area (Å²) < 4.78 is 13.0. The van der Waals surface area contributed by atoms with Crippen LogP contribution in [-0.4, -0.2) is 31.1 Å². The molecule has 1 amide bonds. The Bertz CT molecular complexity index is 1010. The van der Waals surface area contributed by atoms with E-state index in [2.05, 4.69) is 30.5 Å². The lowest BCUT2D eigenvalue weighted by Crippen LogP contribution is -2.13. The number of amides is 1. The highest BCUT2D eigenvalue weighted by Gasteiger charge is 2.11. The van der Waals surface area contributed by atoms with Crippen LogP contribution in [0.2, 0.25) is 0 Å². The van der Waals surface area contributed by atoms with Crippen LogP contribution in [0, 0.1) is 5.82 Å². The van der Waals surface area contributed by atoms with E-state index in [-0.39, 0.29) is 11.6 Å². The normalized spacial score (nSPS) is 10.9. The molecule has 1 aromatic carbocycles. The number of aromatic amines is 2. The number of nitrogens with zero attached hydrogens (tertiary/aromatic N) is 3. The summed E-state index contributed by atoms with van der Waals surface area (Å²) in [4.78, 5) is 23.2. The lowest BCUT2D eigenvalue weighted by atomic mass is 10.1. The minimum absolute atomic E-state index is 0.121. The van der Waals surface area contributed by atoms with Crippen molar-refractivity contribution in [3.63, 3.8) is 0 Å². The van der Waals surface area contributed by atoms with Crippen LogP contribution in [0.5, 0.6) is 0 Å². The zero-order chi connectivity index (χ0) is 16.5. The highest BCUT2D eigenvalue weighted by atomic mass is 19.1. The molecule has 0 bridgehead atoms. The van der Waals surface area contributed by atoms with Gasteiger partial charge >= 0.3 is 0 Å². The Hall–Kier alpha value is -3.55. The molecule has 24 heavy (non-hydrogen) atoms. The first-order valence-electron chi connectivity index (χ1n) is 7.10. The van der Waals surface area contributed by atoms with Gasteiger partial charge in [0.1, 0.15) is 17.8 Å². The molecular formula is C16H11FN6O. The maximum absolute atomic E-state index is 13.0. The first-order valence-corrected chi connectivity index (χ1v) is 7.10. The van der Waals surface area contributed by atoms with Gasteiger partial charge in [0.05, 0.1) is 11.9 Å². The van der Waals surface area contributed by atoms with Crippen LogP contribution >= 0.6 is 0 Å². The molecule has 0 aliphatic heterocycles. The van der Waals surface area contributed by atoms with Crippen molar-refractivity contribution in [2.75, 3.05) is 5.32 Å². The van der Waals surface area contributed by atoms with E-state index in [0.717, 1.165) is 16.6 Å². The summed E-state index contributed by atoms with van der Waals surface area (Å²) in [6.45, 7) is 0. The molecule has 4 aromatic rings. The third kappa shape index (κ3) is 2.60. The molecule has 0 fully saturated rings. The van der Waals surface area contributed by atoms with E-state index >= 15 is 0 Å². The number of hydrogen-bond donors (Lipinski definition) is 3. The minimum Gasteiger partial charge on any atom is -0.339 e. The largest absolute Gasteiger partial charge is 0.339 e. The summed E-state index contributed by atoms with van der Waals surface area (Å²) in [6.07, 6.45) is 2.80. The fourth-order valence-corrected chi connectivity index (χ4v) is 2.37. The van der Waals surface area contributed by atoms with Gasteiger partial charge in [0.15, 0.2) is 0 Å². The number of anilines is 1. The van der Waals surface area contributed by atoms with Gasteiger partial charge in [-0.3, -0.25) is 9.89 Å². The number of aromatic nitrogens is 5. The van der Waals surface area contributed by atoms with Gasteiger partial charge in [-0.2, -0.15) is 5.10 Å². The predicted octanol–water partition coefficient (Wildman–Crippen LogP) is 2.74. The molecule has 3 N–H and O–H groups in total. The maximum atomic E-state index is 13.0. The van der Waals surface area contributed by atoms with Crippen LogP contribution in [0.25, 0.3) is 22.3 Å². The maximum Gasteiger partial charge on any atom is 0.293 e. The molecule has 0 saturated heterocycles. The quantitative estimate of drug-likeness (QED) is 0.540. The first-order chi connectivity index (χ1) is 11.7. The molecule has 0 aliphatic carbocycles. The van der Waals surface area contributed by atoms with Crippen molar-refractivity contribution in [3.05, 3.63) is 60.6 Å². The SMILES string of the molecule is O=C(Nc1cnc2[nH]c(-c3ccc(F)cc3)cc2c1)c1ncn[nH]1. The molecule has 3 heterocycles. The topological polar surface area (TPSA) is 99.3 Å². The average molecular weight is 322 g/mol. The van der Waals surface area contributed by atoms with Gasteiger partial charge in [-0.25, -0.2) is 14.4 Å². The van der Waals surface area contributed by atoms with Gasteiger partial charge in [0.2, 0.25) is 5.82 Å². The molecule has 0 radical (unpaired) electrons. The molecule has 0 aliphatic rings. The smallest absolute Gasteiger partial charge is 0.293 e. The van der Waals surface area contributed by atoms with Crippen LogP contribution in [-0.2, 0) is 0 Å². The number of H-pyrrole nitrogens is 2. The van der Waals surface area contributed by atoms with E-state index in [1.807, 2.05) is 6.07 Å². The number of benzene rings is 1. The number of carbonyl (C=O) groups excluding carboxylic acids is 1. The van der Waals surface area contributed by atoms with E-state index < -0.39 is 5.91 Å².